The van der Waals surface area contributed by atoms with E-state index in [4.69, 9.17) is 5.26 Å². The molecule has 20 heavy (non-hydrogen) atoms. The van der Waals surface area contributed by atoms with Crippen molar-refractivity contribution in [1.29, 1.82) is 5.26 Å². The van der Waals surface area contributed by atoms with E-state index >= 15 is 0 Å². The first-order chi connectivity index (χ1) is 9.76. The molecule has 0 unspecified atom stereocenters. The topological polar surface area (TPSA) is 23.8 Å². The molecule has 0 fully saturated rings. The van der Waals surface area contributed by atoms with Crippen LogP contribution in [-0.2, 0) is 6.42 Å². The number of rotatable bonds is 2. The van der Waals surface area contributed by atoms with Gasteiger partial charge < -0.3 is 0 Å². The standard InChI is InChI=1S/C18H12BrN/c19-18-8-7-15-5-6-16(11-17(15)12-18)14-3-1-13(2-4-14)9-10-20/h1-8,11-12H,9H2. The molecule has 0 aliphatic rings. The SMILES string of the molecule is N#CCc1ccc(-c2ccc3ccc(Br)cc3c2)cc1. The Hall–Kier alpha value is -2.11. The second kappa shape index (κ2) is 5.48. The number of benzene rings is 3. The van der Waals surface area contributed by atoms with Crippen LogP contribution >= 0.6 is 15.9 Å². The molecule has 0 spiro atoms. The van der Waals surface area contributed by atoms with Crippen LogP contribution in [0.5, 0.6) is 0 Å². The Kier molecular flexibility index (Phi) is 3.54. The Morgan fingerprint density at radius 3 is 2.25 bits per heavy atom. The second-order valence-electron chi connectivity index (χ2n) is 4.74. The molecule has 0 radical (unpaired) electrons. The summed E-state index contributed by atoms with van der Waals surface area (Å²) in [6.07, 6.45) is 0.463. The molecule has 0 N–H and O–H groups in total. The molecule has 3 aromatic carbocycles. The molecule has 2 heteroatoms. The molecule has 0 saturated carbocycles. The summed E-state index contributed by atoms with van der Waals surface area (Å²) in [4.78, 5) is 0. The maximum atomic E-state index is 8.70. The molecule has 3 rings (SSSR count). The predicted molar refractivity (Wildman–Crippen MR) is 86.4 cm³/mol. The zero-order valence-corrected chi connectivity index (χ0v) is 12.4. The lowest BCUT2D eigenvalue weighted by molar-refractivity contribution is 1.26. The highest BCUT2D eigenvalue weighted by atomic mass is 79.9. The molecule has 0 aliphatic carbocycles. The van der Waals surface area contributed by atoms with Gasteiger partial charge in [0.1, 0.15) is 0 Å². The monoisotopic (exact) mass is 321 g/mol. The highest BCUT2D eigenvalue weighted by Crippen LogP contribution is 2.26. The molecule has 0 aliphatic heterocycles. The van der Waals surface area contributed by atoms with E-state index in [0.717, 1.165) is 10.0 Å². The summed E-state index contributed by atoms with van der Waals surface area (Å²) in [5, 5.41) is 11.2. The Labute approximate surface area is 126 Å². The molecule has 0 bridgehead atoms. The van der Waals surface area contributed by atoms with Crippen molar-refractivity contribution in [3.63, 3.8) is 0 Å². The van der Waals surface area contributed by atoms with Gasteiger partial charge in [-0.05, 0) is 45.7 Å². The van der Waals surface area contributed by atoms with Gasteiger partial charge in [-0.25, -0.2) is 0 Å². The fourth-order valence-corrected chi connectivity index (χ4v) is 2.68. The Morgan fingerprint density at radius 1 is 0.800 bits per heavy atom. The summed E-state index contributed by atoms with van der Waals surface area (Å²) in [7, 11) is 0. The summed E-state index contributed by atoms with van der Waals surface area (Å²) >= 11 is 3.51. The van der Waals surface area contributed by atoms with Crippen molar-refractivity contribution < 1.29 is 0 Å². The largest absolute Gasteiger partial charge is 0.198 e. The van der Waals surface area contributed by atoms with E-state index in [9.17, 15) is 0 Å². The number of halogens is 1. The van der Waals surface area contributed by atoms with E-state index in [0.29, 0.717) is 6.42 Å². The molecule has 1 nitrogen and oxygen atoms in total. The minimum atomic E-state index is 0.463. The number of hydrogen-bond acceptors (Lipinski definition) is 1. The highest BCUT2D eigenvalue weighted by Gasteiger charge is 2.01. The number of nitriles is 1. The van der Waals surface area contributed by atoms with E-state index in [-0.39, 0.29) is 0 Å². The summed E-state index contributed by atoms with van der Waals surface area (Å²) in [5.41, 5.74) is 3.42. The van der Waals surface area contributed by atoms with Crippen LogP contribution in [0.25, 0.3) is 21.9 Å². The van der Waals surface area contributed by atoms with Crippen LogP contribution in [0.15, 0.2) is 65.1 Å². The van der Waals surface area contributed by atoms with E-state index < -0.39 is 0 Å². The predicted octanol–water partition coefficient (Wildman–Crippen LogP) is 5.34. The third-order valence-corrected chi connectivity index (χ3v) is 3.87. The highest BCUT2D eigenvalue weighted by molar-refractivity contribution is 9.10. The van der Waals surface area contributed by atoms with Crippen LogP contribution in [0.2, 0.25) is 0 Å². The van der Waals surface area contributed by atoms with Crippen molar-refractivity contribution in [2.75, 3.05) is 0 Å². The van der Waals surface area contributed by atoms with E-state index in [1.807, 2.05) is 12.1 Å². The zero-order chi connectivity index (χ0) is 13.9. The van der Waals surface area contributed by atoms with Crippen LogP contribution in [-0.4, -0.2) is 0 Å². The summed E-state index contributed by atoms with van der Waals surface area (Å²) in [6, 6.07) is 23.1. The molecular formula is C18H12BrN. The van der Waals surface area contributed by atoms with Crippen molar-refractivity contribution in [2.45, 2.75) is 6.42 Å². The average molecular weight is 322 g/mol. The first-order valence-corrected chi connectivity index (χ1v) is 7.21. The van der Waals surface area contributed by atoms with Crippen molar-refractivity contribution in [2.24, 2.45) is 0 Å². The molecule has 0 saturated heterocycles. The molecule has 3 aromatic rings. The number of hydrogen-bond donors (Lipinski definition) is 0. The van der Waals surface area contributed by atoms with Gasteiger partial charge in [-0.15, -0.1) is 0 Å². The second-order valence-corrected chi connectivity index (χ2v) is 5.65. The molecule has 0 atom stereocenters. The average Bonchev–Trinajstić information content (AvgIpc) is 2.47. The van der Waals surface area contributed by atoms with Gasteiger partial charge >= 0.3 is 0 Å². The van der Waals surface area contributed by atoms with Gasteiger partial charge in [0.15, 0.2) is 0 Å². The third-order valence-electron chi connectivity index (χ3n) is 3.37. The summed E-state index contributed by atoms with van der Waals surface area (Å²) < 4.78 is 1.09. The van der Waals surface area contributed by atoms with Crippen LogP contribution in [0.1, 0.15) is 5.56 Å². The van der Waals surface area contributed by atoms with Crippen molar-refractivity contribution in [3.8, 4) is 17.2 Å². The van der Waals surface area contributed by atoms with Crippen LogP contribution in [0, 0.1) is 11.3 Å². The lowest BCUT2D eigenvalue weighted by atomic mass is 10.00. The molecule has 0 amide bonds. The van der Waals surface area contributed by atoms with Crippen molar-refractivity contribution >= 4 is 26.7 Å². The fourth-order valence-electron chi connectivity index (χ4n) is 2.30. The Morgan fingerprint density at radius 2 is 1.50 bits per heavy atom. The van der Waals surface area contributed by atoms with Gasteiger partial charge in [0, 0.05) is 4.47 Å². The zero-order valence-electron chi connectivity index (χ0n) is 10.8. The van der Waals surface area contributed by atoms with E-state index in [1.54, 1.807) is 0 Å². The minimum absolute atomic E-state index is 0.463. The molecule has 0 heterocycles. The van der Waals surface area contributed by atoms with Crippen LogP contribution in [0.4, 0.5) is 0 Å². The molecule has 96 valence electrons. The fraction of sp³-hybridized carbons (Fsp3) is 0.0556. The van der Waals surface area contributed by atoms with Gasteiger partial charge in [-0.1, -0.05) is 58.4 Å². The first-order valence-electron chi connectivity index (χ1n) is 6.42. The van der Waals surface area contributed by atoms with Crippen molar-refractivity contribution in [3.05, 3.63) is 70.7 Å². The first kappa shape index (κ1) is 12.9. The van der Waals surface area contributed by atoms with Crippen molar-refractivity contribution in [1.82, 2.24) is 0 Å². The van der Waals surface area contributed by atoms with Gasteiger partial charge in [-0.2, -0.15) is 5.26 Å². The van der Waals surface area contributed by atoms with Gasteiger partial charge in [0.25, 0.3) is 0 Å². The summed E-state index contributed by atoms with van der Waals surface area (Å²) in [6.45, 7) is 0. The molecular weight excluding hydrogens is 310 g/mol. The lowest BCUT2D eigenvalue weighted by Gasteiger charge is -2.05. The Bertz CT molecular complexity index is 798. The maximum absolute atomic E-state index is 8.70. The normalized spacial score (nSPS) is 10.4. The molecule has 0 aromatic heterocycles. The number of nitrogens with zero attached hydrogens (tertiary/aromatic N) is 1. The smallest absolute Gasteiger partial charge is 0.0669 e. The van der Waals surface area contributed by atoms with Crippen LogP contribution in [0.3, 0.4) is 0 Å². The lowest BCUT2D eigenvalue weighted by Crippen LogP contribution is -1.83. The van der Waals surface area contributed by atoms with E-state index in [2.05, 4.69) is 70.5 Å². The quantitative estimate of drug-likeness (QED) is 0.625. The minimum Gasteiger partial charge on any atom is -0.198 e. The maximum Gasteiger partial charge on any atom is 0.0669 e. The van der Waals surface area contributed by atoms with Gasteiger partial charge in [0.05, 0.1) is 12.5 Å². The van der Waals surface area contributed by atoms with Gasteiger partial charge in [-0.3, -0.25) is 0 Å². The number of fused-ring (bicyclic) bond motifs is 1. The van der Waals surface area contributed by atoms with Crippen LogP contribution < -0.4 is 0 Å². The summed E-state index contributed by atoms with van der Waals surface area (Å²) in [5.74, 6) is 0. The Balaban J connectivity index is 2.03. The third kappa shape index (κ3) is 2.59. The van der Waals surface area contributed by atoms with E-state index in [1.165, 1.54) is 21.9 Å². The van der Waals surface area contributed by atoms with Gasteiger partial charge in [0.2, 0.25) is 0 Å².